The van der Waals surface area contributed by atoms with Crippen LogP contribution in [0.1, 0.15) is 30.6 Å². The average Bonchev–Trinajstić information content (AvgIpc) is 2.88. The van der Waals surface area contributed by atoms with Crippen LogP contribution in [0, 0.1) is 0 Å². The molecular formula is C15H19N3O2. The summed E-state index contributed by atoms with van der Waals surface area (Å²) in [5, 5.41) is 16.7. The van der Waals surface area contributed by atoms with Gasteiger partial charge in [0.25, 0.3) is 0 Å². The van der Waals surface area contributed by atoms with E-state index in [2.05, 4.69) is 17.3 Å². The molecule has 106 valence electrons. The van der Waals surface area contributed by atoms with E-state index in [9.17, 15) is 9.90 Å². The van der Waals surface area contributed by atoms with Crippen molar-refractivity contribution in [1.29, 1.82) is 0 Å². The molecule has 1 aromatic carbocycles. The van der Waals surface area contributed by atoms with E-state index < -0.39 is 12.0 Å². The van der Waals surface area contributed by atoms with Gasteiger partial charge in [-0.3, -0.25) is 14.8 Å². The predicted octanol–water partition coefficient (Wildman–Crippen LogP) is 2.21. The molecule has 0 amide bonds. The predicted molar refractivity (Wildman–Crippen MR) is 76.2 cm³/mol. The van der Waals surface area contributed by atoms with Crippen LogP contribution in [0.25, 0.3) is 0 Å². The number of aryl methyl sites for hydroxylation is 1. The smallest absolute Gasteiger partial charge is 0.325 e. The molecule has 0 saturated heterocycles. The molecule has 20 heavy (non-hydrogen) atoms. The van der Waals surface area contributed by atoms with Gasteiger partial charge in [-0.15, -0.1) is 0 Å². The van der Waals surface area contributed by atoms with E-state index >= 15 is 0 Å². The Labute approximate surface area is 118 Å². The van der Waals surface area contributed by atoms with Crippen molar-refractivity contribution in [3.8, 4) is 0 Å². The highest BCUT2D eigenvalue weighted by Crippen LogP contribution is 2.13. The molecular weight excluding hydrogens is 254 g/mol. The van der Waals surface area contributed by atoms with Crippen LogP contribution in [0.2, 0.25) is 0 Å². The van der Waals surface area contributed by atoms with Gasteiger partial charge in [-0.25, -0.2) is 0 Å². The lowest BCUT2D eigenvalue weighted by Gasteiger charge is -2.15. The SMILES string of the molecule is CCCn1nccc1CNC(C(=O)O)c1ccccc1. The molecule has 1 heterocycles. The maximum atomic E-state index is 11.4. The molecule has 5 nitrogen and oxygen atoms in total. The first kappa shape index (κ1) is 14.3. The van der Waals surface area contributed by atoms with Crippen molar-refractivity contribution in [3.05, 3.63) is 53.9 Å². The number of carboxylic acid groups (broad SMARTS) is 1. The Bertz CT molecular complexity index is 551. The third kappa shape index (κ3) is 3.45. The Balaban J connectivity index is 2.06. The summed E-state index contributed by atoms with van der Waals surface area (Å²) in [6, 6.07) is 10.4. The Morgan fingerprint density at radius 2 is 2.10 bits per heavy atom. The highest BCUT2D eigenvalue weighted by atomic mass is 16.4. The molecule has 0 aliphatic rings. The second-order valence-electron chi connectivity index (χ2n) is 4.61. The quantitative estimate of drug-likeness (QED) is 0.811. The van der Waals surface area contributed by atoms with Crippen molar-refractivity contribution in [1.82, 2.24) is 15.1 Å². The number of benzene rings is 1. The van der Waals surface area contributed by atoms with Crippen LogP contribution < -0.4 is 5.32 Å². The van der Waals surface area contributed by atoms with Crippen LogP contribution in [0.3, 0.4) is 0 Å². The van der Waals surface area contributed by atoms with E-state index in [1.54, 1.807) is 6.20 Å². The van der Waals surface area contributed by atoms with Gasteiger partial charge in [0, 0.05) is 19.3 Å². The van der Waals surface area contributed by atoms with Gasteiger partial charge in [-0.05, 0) is 18.1 Å². The Hall–Kier alpha value is -2.14. The zero-order valence-corrected chi connectivity index (χ0v) is 11.5. The molecule has 2 N–H and O–H groups in total. The molecule has 5 heteroatoms. The number of carboxylic acids is 1. The first-order chi connectivity index (χ1) is 9.72. The van der Waals surface area contributed by atoms with Crippen LogP contribution in [0.4, 0.5) is 0 Å². The number of aromatic nitrogens is 2. The van der Waals surface area contributed by atoms with Gasteiger partial charge in [-0.2, -0.15) is 5.10 Å². The molecule has 0 aliphatic carbocycles. The molecule has 1 unspecified atom stereocenters. The Morgan fingerprint density at radius 3 is 2.75 bits per heavy atom. The monoisotopic (exact) mass is 273 g/mol. The summed E-state index contributed by atoms with van der Waals surface area (Å²) in [5.41, 5.74) is 1.75. The van der Waals surface area contributed by atoms with Crippen molar-refractivity contribution in [3.63, 3.8) is 0 Å². The van der Waals surface area contributed by atoms with E-state index in [1.807, 2.05) is 41.1 Å². The molecule has 0 saturated carbocycles. The van der Waals surface area contributed by atoms with Crippen molar-refractivity contribution < 1.29 is 9.90 Å². The highest BCUT2D eigenvalue weighted by molar-refractivity contribution is 5.75. The summed E-state index contributed by atoms with van der Waals surface area (Å²) in [6.45, 7) is 3.40. The molecule has 2 rings (SSSR count). The normalized spacial score (nSPS) is 12.2. The van der Waals surface area contributed by atoms with Crippen molar-refractivity contribution >= 4 is 5.97 Å². The van der Waals surface area contributed by atoms with Crippen LogP contribution in [-0.2, 0) is 17.9 Å². The van der Waals surface area contributed by atoms with Gasteiger partial charge in [0.1, 0.15) is 6.04 Å². The lowest BCUT2D eigenvalue weighted by molar-refractivity contribution is -0.139. The van der Waals surface area contributed by atoms with E-state index in [0.29, 0.717) is 6.54 Å². The molecule has 0 radical (unpaired) electrons. The Morgan fingerprint density at radius 1 is 1.35 bits per heavy atom. The van der Waals surface area contributed by atoms with Gasteiger partial charge >= 0.3 is 5.97 Å². The summed E-state index contributed by atoms with van der Waals surface area (Å²) < 4.78 is 1.90. The fourth-order valence-corrected chi connectivity index (χ4v) is 2.12. The number of hydrogen-bond donors (Lipinski definition) is 2. The Kier molecular flexibility index (Phi) is 4.90. The lowest BCUT2D eigenvalue weighted by Crippen LogP contribution is -2.29. The fraction of sp³-hybridized carbons (Fsp3) is 0.333. The van der Waals surface area contributed by atoms with E-state index in [0.717, 1.165) is 24.2 Å². The molecule has 0 fully saturated rings. The van der Waals surface area contributed by atoms with Gasteiger partial charge < -0.3 is 5.11 Å². The van der Waals surface area contributed by atoms with Crippen LogP contribution in [-0.4, -0.2) is 20.9 Å². The first-order valence-electron chi connectivity index (χ1n) is 6.74. The summed E-state index contributed by atoms with van der Waals surface area (Å²) in [6.07, 6.45) is 2.74. The maximum Gasteiger partial charge on any atom is 0.325 e. The lowest BCUT2D eigenvalue weighted by atomic mass is 10.1. The van der Waals surface area contributed by atoms with E-state index in [4.69, 9.17) is 0 Å². The summed E-state index contributed by atoms with van der Waals surface area (Å²) in [4.78, 5) is 11.4. The minimum absolute atomic E-state index is 0.478. The number of rotatable bonds is 7. The molecule has 0 bridgehead atoms. The standard InChI is InChI=1S/C15H19N3O2/c1-2-10-18-13(8-9-17-18)11-16-14(15(19)20)12-6-4-3-5-7-12/h3-9,14,16H,2,10-11H2,1H3,(H,19,20). The van der Waals surface area contributed by atoms with Gasteiger partial charge in [-0.1, -0.05) is 37.3 Å². The fourth-order valence-electron chi connectivity index (χ4n) is 2.12. The van der Waals surface area contributed by atoms with Crippen molar-refractivity contribution in [2.75, 3.05) is 0 Å². The molecule has 1 aromatic heterocycles. The van der Waals surface area contributed by atoms with Gasteiger partial charge in [0.2, 0.25) is 0 Å². The topological polar surface area (TPSA) is 67.2 Å². The average molecular weight is 273 g/mol. The van der Waals surface area contributed by atoms with Gasteiger partial charge in [0.15, 0.2) is 0 Å². The number of hydrogen-bond acceptors (Lipinski definition) is 3. The molecule has 0 spiro atoms. The van der Waals surface area contributed by atoms with E-state index in [1.165, 1.54) is 0 Å². The minimum atomic E-state index is -0.877. The number of aliphatic carboxylic acids is 1. The zero-order valence-electron chi connectivity index (χ0n) is 11.5. The van der Waals surface area contributed by atoms with Crippen LogP contribution in [0.5, 0.6) is 0 Å². The van der Waals surface area contributed by atoms with Crippen LogP contribution in [0.15, 0.2) is 42.6 Å². The number of nitrogens with one attached hydrogen (secondary N) is 1. The number of nitrogens with zero attached hydrogens (tertiary/aromatic N) is 2. The molecule has 0 aliphatic heterocycles. The zero-order chi connectivity index (χ0) is 14.4. The summed E-state index contributed by atoms with van der Waals surface area (Å²) >= 11 is 0. The first-order valence-corrected chi connectivity index (χ1v) is 6.74. The van der Waals surface area contributed by atoms with Crippen LogP contribution >= 0.6 is 0 Å². The third-order valence-electron chi connectivity index (χ3n) is 3.11. The largest absolute Gasteiger partial charge is 0.480 e. The summed E-state index contributed by atoms with van der Waals surface area (Å²) in [5.74, 6) is -0.877. The minimum Gasteiger partial charge on any atom is -0.480 e. The van der Waals surface area contributed by atoms with Gasteiger partial charge in [0.05, 0.1) is 5.69 Å². The second kappa shape index (κ2) is 6.86. The van der Waals surface area contributed by atoms with Crippen molar-refractivity contribution in [2.45, 2.75) is 32.5 Å². The molecule has 1 atom stereocenters. The maximum absolute atomic E-state index is 11.4. The number of carbonyl (C=O) groups is 1. The van der Waals surface area contributed by atoms with E-state index in [-0.39, 0.29) is 0 Å². The third-order valence-corrected chi connectivity index (χ3v) is 3.11. The highest BCUT2D eigenvalue weighted by Gasteiger charge is 2.19. The molecule has 2 aromatic rings. The summed E-state index contributed by atoms with van der Waals surface area (Å²) in [7, 11) is 0. The van der Waals surface area contributed by atoms with Crippen molar-refractivity contribution in [2.24, 2.45) is 0 Å². The second-order valence-corrected chi connectivity index (χ2v) is 4.61.